The molecule has 4 rings (SSSR count). The molecule has 0 unspecified atom stereocenters. The normalized spacial score (nSPS) is 14.4. The van der Waals surface area contributed by atoms with Crippen LogP contribution in [-0.2, 0) is 0 Å². The average molecular weight is 337 g/mol. The Labute approximate surface area is 135 Å². The third-order valence-electron chi connectivity index (χ3n) is 3.48. The van der Waals surface area contributed by atoms with E-state index in [-0.39, 0.29) is 24.1 Å². The first-order valence-electron chi connectivity index (χ1n) is 6.65. The van der Waals surface area contributed by atoms with E-state index in [4.69, 9.17) is 0 Å². The van der Waals surface area contributed by atoms with Gasteiger partial charge in [-0.15, -0.1) is 17.5 Å². The van der Waals surface area contributed by atoms with E-state index in [1.165, 1.54) is 28.1 Å². The van der Waals surface area contributed by atoms with Crippen LogP contribution in [0.1, 0.15) is 0 Å². The van der Waals surface area contributed by atoms with E-state index in [0.29, 0.717) is 30.4 Å². The molecule has 0 radical (unpaired) electrons. The molecule has 0 saturated carbocycles. The predicted molar refractivity (Wildman–Crippen MR) is 82.4 cm³/mol. The lowest BCUT2D eigenvalue weighted by atomic mass is 10.2. The smallest absolute Gasteiger partial charge is 0.298 e. The van der Waals surface area contributed by atoms with Gasteiger partial charge in [-0.2, -0.15) is 4.68 Å². The van der Waals surface area contributed by atoms with Crippen molar-refractivity contribution >= 4 is 18.2 Å². The third-order valence-corrected chi connectivity index (χ3v) is 3.48. The Morgan fingerprint density at radius 3 is 2.74 bits per heavy atom. The minimum atomic E-state index is -0.328. The zero-order chi connectivity index (χ0) is 15.1. The number of H-pyrrole nitrogens is 1. The van der Waals surface area contributed by atoms with Crippen molar-refractivity contribution in [3.8, 4) is 11.5 Å². The largest absolute Gasteiger partial charge is 0.389 e. The van der Waals surface area contributed by atoms with Crippen molar-refractivity contribution in [1.82, 2.24) is 34.7 Å². The molecule has 23 heavy (non-hydrogen) atoms. The van der Waals surface area contributed by atoms with Gasteiger partial charge in [0.15, 0.2) is 11.5 Å². The number of hydrogen-bond acceptors (Lipinski definition) is 7. The van der Waals surface area contributed by atoms with E-state index in [2.05, 4.69) is 25.4 Å². The molecule has 4 heterocycles. The highest BCUT2D eigenvalue weighted by Gasteiger charge is 2.26. The number of rotatable bonds is 3. The number of aromatic nitrogens is 7. The first kappa shape index (κ1) is 15.2. The van der Waals surface area contributed by atoms with Gasteiger partial charge >= 0.3 is 0 Å². The summed E-state index contributed by atoms with van der Waals surface area (Å²) >= 11 is 0. The maximum Gasteiger partial charge on any atom is 0.298 e. The SMILES string of the molecule is Cl.O=c1c(-n2ccnn2)c[nH]n1-c1cc(N2CC(O)C2)ncn1. The quantitative estimate of drug-likeness (QED) is 0.639. The van der Waals surface area contributed by atoms with E-state index in [1.807, 2.05) is 4.90 Å². The summed E-state index contributed by atoms with van der Waals surface area (Å²) < 4.78 is 2.68. The van der Waals surface area contributed by atoms with Crippen LogP contribution in [0.2, 0.25) is 0 Å². The molecule has 3 aromatic heterocycles. The van der Waals surface area contributed by atoms with Gasteiger partial charge in [-0.1, -0.05) is 5.21 Å². The van der Waals surface area contributed by atoms with E-state index in [1.54, 1.807) is 12.3 Å². The lowest BCUT2D eigenvalue weighted by Crippen LogP contribution is -2.51. The molecule has 10 nitrogen and oxygen atoms in total. The van der Waals surface area contributed by atoms with E-state index >= 15 is 0 Å². The number of nitrogens with zero attached hydrogens (tertiary/aromatic N) is 7. The molecule has 1 aliphatic heterocycles. The van der Waals surface area contributed by atoms with Crippen LogP contribution in [0.15, 0.2) is 35.8 Å². The zero-order valence-corrected chi connectivity index (χ0v) is 12.6. The van der Waals surface area contributed by atoms with Crippen molar-refractivity contribution in [2.75, 3.05) is 18.0 Å². The monoisotopic (exact) mass is 336 g/mol. The minimum Gasteiger partial charge on any atom is -0.389 e. The van der Waals surface area contributed by atoms with Gasteiger partial charge in [0.1, 0.15) is 12.1 Å². The summed E-state index contributed by atoms with van der Waals surface area (Å²) in [6.07, 6.45) is 5.67. The molecule has 1 aliphatic rings. The maximum absolute atomic E-state index is 12.4. The van der Waals surface area contributed by atoms with Gasteiger partial charge in [-0.3, -0.25) is 9.89 Å². The molecule has 1 saturated heterocycles. The summed E-state index contributed by atoms with van der Waals surface area (Å²) in [5, 5.41) is 19.7. The van der Waals surface area contributed by atoms with Gasteiger partial charge in [0, 0.05) is 19.2 Å². The van der Waals surface area contributed by atoms with Gasteiger partial charge in [0.2, 0.25) is 0 Å². The number of anilines is 1. The molecule has 0 aliphatic carbocycles. The van der Waals surface area contributed by atoms with Gasteiger partial charge in [-0.05, 0) is 0 Å². The first-order valence-corrected chi connectivity index (χ1v) is 6.65. The maximum atomic E-state index is 12.4. The van der Waals surface area contributed by atoms with Crippen molar-refractivity contribution in [1.29, 1.82) is 0 Å². The van der Waals surface area contributed by atoms with Crippen molar-refractivity contribution in [3.05, 3.63) is 41.3 Å². The van der Waals surface area contributed by atoms with Crippen molar-refractivity contribution in [3.63, 3.8) is 0 Å². The van der Waals surface area contributed by atoms with Crippen LogP contribution in [0, 0.1) is 0 Å². The number of aromatic amines is 1. The number of halogens is 1. The highest BCUT2D eigenvalue weighted by Crippen LogP contribution is 2.19. The zero-order valence-electron chi connectivity index (χ0n) is 11.8. The molecule has 0 bridgehead atoms. The predicted octanol–water partition coefficient (Wildman–Crippen LogP) is -0.861. The van der Waals surface area contributed by atoms with Crippen molar-refractivity contribution < 1.29 is 5.11 Å². The van der Waals surface area contributed by atoms with Crippen molar-refractivity contribution in [2.45, 2.75) is 6.10 Å². The highest BCUT2D eigenvalue weighted by molar-refractivity contribution is 5.85. The fourth-order valence-electron chi connectivity index (χ4n) is 2.31. The Morgan fingerprint density at radius 2 is 2.04 bits per heavy atom. The Hall–Kier alpha value is -2.72. The molecule has 120 valence electrons. The van der Waals surface area contributed by atoms with E-state index < -0.39 is 0 Å². The second kappa shape index (κ2) is 5.82. The molecule has 11 heteroatoms. The van der Waals surface area contributed by atoms with Crippen LogP contribution in [0.25, 0.3) is 11.5 Å². The summed E-state index contributed by atoms with van der Waals surface area (Å²) in [5.41, 5.74) is 0.0517. The number of aliphatic hydroxyl groups is 1. The standard InChI is InChI=1S/C12H12N8O2.ClH/c21-8-5-18(6-8)10-3-11(14-7-13-10)20-12(22)9(4-16-20)19-2-1-15-17-19;/h1-4,7-8,16,21H,5-6H2;1H. The minimum absolute atomic E-state index is 0. The first-order chi connectivity index (χ1) is 10.7. The molecule has 0 atom stereocenters. The van der Waals surface area contributed by atoms with Crippen LogP contribution < -0.4 is 10.5 Å². The molecule has 0 spiro atoms. The van der Waals surface area contributed by atoms with E-state index in [9.17, 15) is 9.90 Å². The van der Waals surface area contributed by atoms with Crippen LogP contribution in [0.4, 0.5) is 5.82 Å². The molecular formula is C12H13ClN8O2. The average Bonchev–Trinajstić information content (AvgIpc) is 3.13. The Bertz CT molecular complexity index is 852. The molecule has 2 N–H and O–H groups in total. The lowest BCUT2D eigenvalue weighted by molar-refractivity contribution is 0.141. The summed E-state index contributed by atoms with van der Waals surface area (Å²) in [5.74, 6) is 1.09. The van der Waals surface area contributed by atoms with Gasteiger partial charge < -0.3 is 10.0 Å². The number of β-amino-alcohol motifs (C(OH)–C–C–N with tert-alkyl or cyclic N) is 1. The third kappa shape index (κ3) is 2.58. The number of aliphatic hydroxyl groups excluding tert-OH is 1. The second-order valence-electron chi connectivity index (χ2n) is 4.94. The molecule has 1 fully saturated rings. The number of hydrogen-bond donors (Lipinski definition) is 2. The topological polar surface area (TPSA) is 118 Å². The summed E-state index contributed by atoms with van der Waals surface area (Å²) in [4.78, 5) is 22.6. The van der Waals surface area contributed by atoms with Gasteiger partial charge in [-0.25, -0.2) is 14.6 Å². The Balaban J connectivity index is 0.00000156. The Morgan fingerprint density at radius 1 is 1.26 bits per heavy atom. The van der Waals surface area contributed by atoms with Crippen LogP contribution in [0.3, 0.4) is 0 Å². The Kier molecular flexibility index (Phi) is 3.84. The summed E-state index contributed by atoms with van der Waals surface area (Å²) in [7, 11) is 0. The van der Waals surface area contributed by atoms with Crippen LogP contribution in [-0.4, -0.2) is 59.0 Å². The fraction of sp³-hybridized carbons (Fsp3) is 0.250. The highest BCUT2D eigenvalue weighted by atomic mass is 35.5. The van der Waals surface area contributed by atoms with Gasteiger partial charge in [0.25, 0.3) is 5.56 Å². The summed E-state index contributed by atoms with van der Waals surface area (Å²) in [6.45, 7) is 1.06. The molecule has 0 aromatic carbocycles. The van der Waals surface area contributed by atoms with Crippen LogP contribution >= 0.6 is 12.4 Å². The number of nitrogens with one attached hydrogen (secondary N) is 1. The fourth-order valence-corrected chi connectivity index (χ4v) is 2.31. The van der Waals surface area contributed by atoms with Crippen molar-refractivity contribution in [2.24, 2.45) is 0 Å². The second-order valence-corrected chi connectivity index (χ2v) is 4.94. The molecule has 3 aromatic rings. The molecular weight excluding hydrogens is 324 g/mol. The lowest BCUT2D eigenvalue weighted by Gasteiger charge is -2.36. The van der Waals surface area contributed by atoms with Crippen LogP contribution in [0.5, 0.6) is 0 Å². The van der Waals surface area contributed by atoms with Gasteiger partial charge in [0.05, 0.1) is 24.7 Å². The summed E-state index contributed by atoms with van der Waals surface area (Å²) in [6, 6.07) is 1.69. The molecule has 0 amide bonds. The van der Waals surface area contributed by atoms with E-state index in [0.717, 1.165) is 0 Å².